The van der Waals surface area contributed by atoms with E-state index in [0.717, 1.165) is 17.1 Å². The first-order chi connectivity index (χ1) is 15.5. The van der Waals surface area contributed by atoms with Crippen LogP contribution in [-0.4, -0.2) is 68.7 Å². The summed E-state index contributed by atoms with van der Waals surface area (Å²) in [7, 11) is 0. The molecule has 1 atom stereocenters. The Labute approximate surface area is 190 Å². The number of aromatic nitrogens is 4. The Morgan fingerprint density at radius 3 is 2.66 bits per heavy atom. The molecular weight excluding hydrogens is 428 g/mol. The van der Waals surface area contributed by atoms with E-state index in [1.165, 1.54) is 11.8 Å². The van der Waals surface area contributed by atoms with Crippen molar-refractivity contribution in [2.24, 2.45) is 0 Å². The Bertz CT molecular complexity index is 1150. The molecule has 0 bridgehead atoms. The average Bonchev–Trinajstić information content (AvgIpc) is 3.19. The number of rotatable bonds is 7. The summed E-state index contributed by atoms with van der Waals surface area (Å²) in [6, 6.07) is 7.56. The summed E-state index contributed by atoms with van der Waals surface area (Å²) in [6.45, 7) is 8.72. The van der Waals surface area contributed by atoms with Crippen molar-refractivity contribution in [3.8, 4) is 11.4 Å². The SMILES string of the molecule is CCOc1ccc(-n2c(SC(CC)C(=O)N3CCOCC3)nc3n[nH]c(C)c3c2=N)cc1. The summed E-state index contributed by atoms with van der Waals surface area (Å²) >= 11 is 1.38. The summed E-state index contributed by atoms with van der Waals surface area (Å²) in [6.07, 6.45) is 0.650. The van der Waals surface area contributed by atoms with Crippen molar-refractivity contribution in [2.75, 3.05) is 32.9 Å². The number of aryl methyl sites for hydroxylation is 1. The lowest BCUT2D eigenvalue weighted by molar-refractivity contribution is -0.134. The van der Waals surface area contributed by atoms with E-state index in [0.29, 0.717) is 55.5 Å². The van der Waals surface area contributed by atoms with Crippen molar-refractivity contribution < 1.29 is 14.3 Å². The molecule has 1 aliphatic heterocycles. The lowest BCUT2D eigenvalue weighted by atomic mass is 10.2. The second kappa shape index (κ2) is 9.74. The Hall–Kier alpha value is -2.85. The number of nitrogens with one attached hydrogen (secondary N) is 2. The third-order valence-electron chi connectivity index (χ3n) is 5.40. The zero-order valence-corrected chi connectivity index (χ0v) is 19.4. The molecule has 1 aliphatic rings. The Morgan fingerprint density at radius 2 is 2.00 bits per heavy atom. The molecule has 170 valence electrons. The minimum Gasteiger partial charge on any atom is -0.494 e. The number of fused-ring (bicyclic) bond motifs is 1. The van der Waals surface area contributed by atoms with Crippen LogP contribution in [0.5, 0.6) is 5.75 Å². The molecule has 1 unspecified atom stereocenters. The number of nitrogens with zero attached hydrogens (tertiary/aromatic N) is 4. The normalized spacial score (nSPS) is 15.2. The van der Waals surface area contributed by atoms with Crippen LogP contribution in [0.15, 0.2) is 29.4 Å². The number of aromatic amines is 1. The highest BCUT2D eigenvalue weighted by atomic mass is 32.2. The van der Waals surface area contributed by atoms with E-state index in [1.54, 1.807) is 4.57 Å². The lowest BCUT2D eigenvalue weighted by Crippen LogP contribution is -2.44. The Kier molecular flexibility index (Phi) is 6.80. The van der Waals surface area contributed by atoms with Crippen LogP contribution in [0.25, 0.3) is 16.7 Å². The second-order valence-electron chi connectivity index (χ2n) is 7.50. The fourth-order valence-corrected chi connectivity index (χ4v) is 4.84. The van der Waals surface area contributed by atoms with E-state index < -0.39 is 0 Å². The van der Waals surface area contributed by atoms with Crippen LogP contribution in [0.1, 0.15) is 26.0 Å². The van der Waals surface area contributed by atoms with Gasteiger partial charge in [-0.05, 0) is 44.5 Å². The molecule has 0 saturated carbocycles. The molecule has 1 aromatic carbocycles. The van der Waals surface area contributed by atoms with Crippen LogP contribution >= 0.6 is 11.8 Å². The third kappa shape index (κ3) is 4.37. The first kappa shape index (κ1) is 22.3. The zero-order valence-electron chi connectivity index (χ0n) is 18.6. The van der Waals surface area contributed by atoms with Crippen molar-refractivity contribution in [2.45, 2.75) is 37.6 Å². The summed E-state index contributed by atoms with van der Waals surface area (Å²) in [4.78, 5) is 19.8. The van der Waals surface area contributed by atoms with Crippen LogP contribution < -0.4 is 10.2 Å². The predicted molar refractivity (Wildman–Crippen MR) is 122 cm³/mol. The maximum Gasteiger partial charge on any atom is 0.236 e. The number of hydrogen-bond donors (Lipinski definition) is 2. The van der Waals surface area contributed by atoms with Gasteiger partial charge in [0.25, 0.3) is 0 Å². The van der Waals surface area contributed by atoms with Crippen LogP contribution in [0.2, 0.25) is 0 Å². The lowest BCUT2D eigenvalue weighted by Gasteiger charge is -2.30. The number of H-pyrrole nitrogens is 1. The van der Waals surface area contributed by atoms with Crippen molar-refractivity contribution in [1.82, 2.24) is 24.6 Å². The van der Waals surface area contributed by atoms with E-state index in [4.69, 9.17) is 19.9 Å². The van der Waals surface area contributed by atoms with Gasteiger partial charge in [-0.3, -0.25) is 19.9 Å². The molecule has 2 N–H and O–H groups in total. The summed E-state index contributed by atoms with van der Waals surface area (Å²) in [5.74, 6) is 0.839. The van der Waals surface area contributed by atoms with Crippen molar-refractivity contribution >= 4 is 28.7 Å². The van der Waals surface area contributed by atoms with Gasteiger partial charge in [0.1, 0.15) is 11.2 Å². The number of morpholine rings is 1. The number of benzene rings is 1. The molecule has 3 aromatic rings. The monoisotopic (exact) mass is 456 g/mol. The van der Waals surface area contributed by atoms with Gasteiger partial charge in [0.05, 0.1) is 30.5 Å². The summed E-state index contributed by atoms with van der Waals surface area (Å²) < 4.78 is 12.7. The largest absolute Gasteiger partial charge is 0.494 e. The molecule has 0 radical (unpaired) electrons. The van der Waals surface area contributed by atoms with Crippen molar-refractivity contribution in [3.05, 3.63) is 35.4 Å². The maximum absolute atomic E-state index is 13.2. The molecule has 2 aromatic heterocycles. The summed E-state index contributed by atoms with van der Waals surface area (Å²) in [5, 5.41) is 17.0. The number of thioether (sulfide) groups is 1. The van der Waals surface area contributed by atoms with Crippen LogP contribution in [-0.2, 0) is 9.53 Å². The number of hydrogen-bond acceptors (Lipinski definition) is 7. The van der Waals surface area contributed by atoms with Gasteiger partial charge in [-0.1, -0.05) is 18.7 Å². The minimum atomic E-state index is -0.313. The molecule has 1 saturated heterocycles. The van der Waals surface area contributed by atoms with Gasteiger partial charge in [0.15, 0.2) is 10.8 Å². The minimum absolute atomic E-state index is 0.0747. The van der Waals surface area contributed by atoms with E-state index >= 15 is 0 Å². The molecule has 32 heavy (non-hydrogen) atoms. The number of carbonyl (C=O) groups excluding carboxylic acids is 1. The molecule has 4 rings (SSSR count). The second-order valence-corrected chi connectivity index (χ2v) is 8.67. The molecule has 0 spiro atoms. The van der Waals surface area contributed by atoms with Crippen LogP contribution in [0.4, 0.5) is 0 Å². The van der Waals surface area contributed by atoms with E-state index in [1.807, 2.05) is 49.9 Å². The number of ether oxygens (including phenoxy) is 2. The molecule has 10 heteroatoms. The molecule has 1 amide bonds. The standard InChI is InChI=1S/C22H28N6O3S/c1-4-17(21(29)27-10-12-30-13-11-27)32-22-24-20-18(14(3)25-26-20)19(23)28(22)15-6-8-16(9-7-15)31-5-2/h6-9,17,23H,4-5,10-13H2,1-3H3,(H,25,26). The topological polar surface area (TPSA) is 109 Å². The highest BCUT2D eigenvalue weighted by molar-refractivity contribution is 8.00. The first-order valence-corrected chi connectivity index (χ1v) is 11.7. The van der Waals surface area contributed by atoms with Gasteiger partial charge >= 0.3 is 0 Å². The highest BCUT2D eigenvalue weighted by Gasteiger charge is 2.28. The van der Waals surface area contributed by atoms with E-state index in [9.17, 15) is 4.79 Å². The predicted octanol–water partition coefficient (Wildman–Crippen LogP) is 2.66. The van der Waals surface area contributed by atoms with Crippen LogP contribution in [0.3, 0.4) is 0 Å². The van der Waals surface area contributed by atoms with Gasteiger partial charge < -0.3 is 14.4 Å². The van der Waals surface area contributed by atoms with Crippen molar-refractivity contribution in [3.63, 3.8) is 0 Å². The van der Waals surface area contributed by atoms with E-state index in [2.05, 4.69) is 10.2 Å². The number of carbonyl (C=O) groups is 1. The van der Waals surface area contributed by atoms with Crippen molar-refractivity contribution in [1.29, 1.82) is 5.41 Å². The van der Waals surface area contributed by atoms with Crippen LogP contribution in [0, 0.1) is 12.3 Å². The number of amides is 1. The van der Waals surface area contributed by atoms with Gasteiger partial charge in [-0.2, -0.15) is 5.10 Å². The molecule has 9 nitrogen and oxygen atoms in total. The highest BCUT2D eigenvalue weighted by Crippen LogP contribution is 2.29. The molecule has 1 fully saturated rings. The third-order valence-corrected chi connectivity index (χ3v) is 6.71. The molecule has 3 heterocycles. The van der Waals surface area contributed by atoms with Gasteiger partial charge in [0, 0.05) is 24.5 Å². The quantitative estimate of drug-likeness (QED) is 0.418. The molecule has 0 aliphatic carbocycles. The fourth-order valence-electron chi connectivity index (χ4n) is 3.73. The average molecular weight is 457 g/mol. The smallest absolute Gasteiger partial charge is 0.236 e. The first-order valence-electron chi connectivity index (χ1n) is 10.8. The Morgan fingerprint density at radius 1 is 1.28 bits per heavy atom. The molecular formula is C22H28N6O3S. The fraction of sp³-hybridized carbons (Fsp3) is 0.455. The Balaban J connectivity index is 1.76. The van der Waals surface area contributed by atoms with Gasteiger partial charge in [0.2, 0.25) is 5.91 Å². The van der Waals surface area contributed by atoms with E-state index in [-0.39, 0.29) is 16.6 Å². The van der Waals surface area contributed by atoms with Gasteiger partial charge in [-0.15, -0.1) is 0 Å². The van der Waals surface area contributed by atoms with Gasteiger partial charge in [-0.25, -0.2) is 4.98 Å². The zero-order chi connectivity index (χ0) is 22.7. The maximum atomic E-state index is 13.2. The summed E-state index contributed by atoms with van der Waals surface area (Å²) in [5.41, 5.74) is 2.32.